The summed E-state index contributed by atoms with van der Waals surface area (Å²) in [6.07, 6.45) is 0.238. The largest absolute Gasteiger partial charge is 0.324 e. The van der Waals surface area contributed by atoms with Crippen LogP contribution in [-0.4, -0.2) is 77.5 Å². The topological polar surface area (TPSA) is 73.7 Å². The van der Waals surface area contributed by atoms with Crippen molar-refractivity contribution in [1.29, 1.82) is 0 Å². The van der Waals surface area contributed by atoms with Crippen molar-refractivity contribution in [1.82, 2.24) is 19.4 Å². The highest BCUT2D eigenvalue weighted by Crippen LogP contribution is 2.40. The third-order valence-corrected chi connectivity index (χ3v) is 7.30. The van der Waals surface area contributed by atoms with Crippen LogP contribution in [0, 0.1) is 11.6 Å². The lowest BCUT2D eigenvalue weighted by Gasteiger charge is -2.32. The number of likely N-dealkylation sites (N-methyl/N-ethyl adjacent to an activating group) is 1. The lowest BCUT2D eigenvalue weighted by Crippen LogP contribution is -2.45. The van der Waals surface area contributed by atoms with Gasteiger partial charge in [-0.25, -0.2) is 13.8 Å². The van der Waals surface area contributed by atoms with E-state index in [0.29, 0.717) is 41.9 Å². The lowest BCUT2D eigenvalue weighted by atomic mass is 10.0. The van der Waals surface area contributed by atoms with Gasteiger partial charge in [-0.15, -0.1) is 0 Å². The highest BCUT2D eigenvalue weighted by atomic mass is 35.5. The molecule has 0 radical (unpaired) electrons. The van der Waals surface area contributed by atoms with E-state index in [1.54, 1.807) is 6.07 Å². The fraction of sp³-hybridized carbons (Fsp3) is 0.370. The maximum absolute atomic E-state index is 14.9. The SMILES string of the molecule is CC(=O)N1CCn2c1nc(-c1cc(Cl)ccc1F)c2-c1ccc(F)c(NC(=O)CCN2CCN(C)CC2)c1. The molecule has 200 valence electrons. The second kappa shape index (κ2) is 10.8. The molecule has 0 spiro atoms. The van der Waals surface area contributed by atoms with Crippen molar-refractivity contribution >= 4 is 35.1 Å². The zero-order chi connectivity index (χ0) is 27.0. The molecule has 2 aromatic carbocycles. The second-order valence-electron chi connectivity index (χ2n) is 9.69. The summed E-state index contributed by atoms with van der Waals surface area (Å²) in [6.45, 7) is 6.56. The smallest absolute Gasteiger partial charge is 0.226 e. The number of amides is 2. The summed E-state index contributed by atoms with van der Waals surface area (Å²) in [5.74, 6) is -1.21. The van der Waals surface area contributed by atoms with Crippen molar-refractivity contribution in [3.63, 3.8) is 0 Å². The summed E-state index contributed by atoms with van der Waals surface area (Å²) in [5, 5.41) is 3.02. The number of carbonyl (C=O) groups excluding carboxylic acids is 2. The predicted molar refractivity (Wildman–Crippen MR) is 143 cm³/mol. The third-order valence-electron chi connectivity index (χ3n) is 7.06. The van der Waals surface area contributed by atoms with Crippen molar-refractivity contribution < 1.29 is 18.4 Å². The zero-order valence-corrected chi connectivity index (χ0v) is 22.1. The van der Waals surface area contributed by atoms with Crippen molar-refractivity contribution in [3.8, 4) is 22.5 Å². The number of aromatic nitrogens is 2. The number of nitrogens with one attached hydrogen (secondary N) is 1. The number of imidazole rings is 1. The summed E-state index contributed by atoms with van der Waals surface area (Å²) in [6, 6.07) is 8.52. The molecule has 38 heavy (non-hydrogen) atoms. The Morgan fingerprint density at radius 2 is 1.74 bits per heavy atom. The number of nitrogens with zero attached hydrogens (tertiary/aromatic N) is 5. The van der Waals surface area contributed by atoms with E-state index >= 15 is 0 Å². The van der Waals surface area contributed by atoms with E-state index in [9.17, 15) is 18.4 Å². The van der Waals surface area contributed by atoms with Gasteiger partial charge in [0.05, 0.1) is 11.4 Å². The number of fused-ring (bicyclic) bond motifs is 1. The molecule has 3 aromatic rings. The molecule has 1 aromatic heterocycles. The number of rotatable bonds is 6. The molecular weight excluding hydrogens is 514 g/mol. The first-order chi connectivity index (χ1) is 18.2. The van der Waals surface area contributed by atoms with E-state index in [1.165, 1.54) is 42.2 Å². The standard InChI is InChI=1S/C27H29ClF2N6O2/c1-17(37)35-13-14-36-26(25(32-27(35)36)20-16-19(28)4-6-21(20)29)18-3-5-22(30)23(15-18)31-24(38)7-8-34-11-9-33(2)10-12-34/h3-6,15-16H,7-14H2,1-2H3,(H,31,38). The first-order valence-corrected chi connectivity index (χ1v) is 12.9. The maximum Gasteiger partial charge on any atom is 0.226 e. The molecular formula is C27H29ClF2N6O2. The van der Waals surface area contributed by atoms with Gasteiger partial charge in [-0.05, 0) is 43.4 Å². The number of piperazine rings is 1. The Balaban J connectivity index is 1.46. The molecule has 0 saturated carbocycles. The highest BCUT2D eigenvalue weighted by Gasteiger charge is 2.31. The van der Waals surface area contributed by atoms with Crippen LogP contribution in [-0.2, 0) is 16.1 Å². The van der Waals surface area contributed by atoms with Gasteiger partial charge in [0, 0.05) is 75.3 Å². The lowest BCUT2D eigenvalue weighted by molar-refractivity contribution is -0.117. The molecule has 0 atom stereocenters. The molecule has 8 nitrogen and oxygen atoms in total. The number of anilines is 2. The number of benzene rings is 2. The van der Waals surface area contributed by atoms with Crippen LogP contribution in [0.1, 0.15) is 13.3 Å². The Bertz CT molecular complexity index is 1390. The minimum absolute atomic E-state index is 0.0281. The van der Waals surface area contributed by atoms with Crippen LogP contribution in [0.4, 0.5) is 20.4 Å². The quantitative estimate of drug-likeness (QED) is 0.508. The monoisotopic (exact) mass is 542 g/mol. The average Bonchev–Trinajstić information content (AvgIpc) is 3.46. The van der Waals surface area contributed by atoms with E-state index in [1.807, 2.05) is 4.57 Å². The number of halogens is 3. The first kappa shape index (κ1) is 26.3. The number of hydrogen-bond donors (Lipinski definition) is 1. The van der Waals surface area contributed by atoms with Crippen molar-refractivity contribution in [3.05, 3.63) is 53.1 Å². The number of carbonyl (C=O) groups is 2. The van der Waals surface area contributed by atoms with E-state index < -0.39 is 11.6 Å². The molecule has 0 unspecified atom stereocenters. The van der Waals surface area contributed by atoms with Crippen LogP contribution in [0.3, 0.4) is 0 Å². The summed E-state index contributed by atoms with van der Waals surface area (Å²) in [7, 11) is 2.07. The third kappa shape index (κ3) is 5.29. The molecule has 1 N–H and O–H groups in total. The Hall–Kier alpha value is -3.34. The Morgan fingerprint density at radius 1 is 1.00 bits per heavy atom. The Labute approximate surface area is 224 Å². The van der Waals surface area contributed by atoms with Crippen LogP contribution in [0.5, 0.6) is 0 Å². The molecule has 0 bridgehead atoms. The minimum atomic E-state index is -0.580. The minimum Gasteiger partial charge on any atom is -0.324 e. The van der Waals surface area contributed by atoms with Gasteiger partial charge in [-0.3, -0.25) is 14.5 Å². The van der Waals surface area contributed by atoms with Gasteiger partial charge in [-0.1, -0.05) is 11.6 Å². The van der Waals surface area contributed by atoms with E-state index in [4.69, 9.17) is 11.6 Å². The van der Waals surface area contributed by atoms with E-state index in [2.05, 4.69) is 27.1 Å². The van der Waals surface area contributed by atoms with Gasteiger partial charge in [0.25, 0.3) is 0 Å². The molecule has 3 heterocycles. The number of hydrogen-bond acceptors (Lipinski definition) is 5. The summed E-state index contributed by atoms with van der Waals surface area (Å²) >= 11 is 6.17. The van der Waals surface area contributed by atoms with Gasteiger partial charge in [0.2, 0.25) is 17.8 Å². The molecule has 11 heteroatoms. The molecule has 2 aliphatic heterocycles. The molecule has 2 amide bonds. The fourth-order valence-electron chi connectivity index (χ4n) is 4.93. The molecule has 1 saturated heterocycles. The van der Waals surface area contributed by atoms with Crippen molar-refractivity contribution in [2.24, 2.45) is 0 Å². The highest BCUT2D eigenvalue weighted by molar-refractivity contribution is 6.30. The van der Waals surface area contributed by atoms with Crippen LogP contribution < -0.4 is 10.2 Å². The zero-order valence-electron chi connectivity index (χ0n) is 21.3. The average molecular weight is 543 g/mol. The maximum atomic E-state index is 14.9. The molecule has 2 aliphatic rings. The van der Waals surface area contributed by atoms with Crippen LogP contribution in [0.15, 0.2) is 36.4 Å². The predicted octanol–water partition coefficient (Wildman–Crippen LogP) is 4.09. The Kier molecular flexibility index (Phi) is 7.47. The molecule has 5 rings (SSSR count). The van der Waals surface area contributed by atoms with Crippen LogP contribution >= 0.6 is 11.6 Å². The fourth-order valence-corrected chi connectivity index (χ4v) is 5.10. The molecule has 1 fully saturated rings. The van der Waals surface area contributed by atoms with Gasteiger partial charge in [0.1, 0.15) is 17.3 Å². The van der Waals surface area contributed by atoms with Gasteiger partial charge in [-0.2, -0.15) is 0 Å². The van der Waals surface area contributed by atoms with Gasteiger partial charge in [0.15, 0.2) is 0 Å². The van der Waals surface area contributed by atoms with Crippen LogP contribution in [0.25, 0.3) is 22.5 Å². The summed E-state index contributed by atoms with van der Waals surface area (Å²) in [5.41, 5.74) is 1.52. The van der Waals surface area contributed by atoms with E-state index in [-0.39, 0.29) is 35.2 Å². The normalized spacial score (nSPS) is 16.1. The summed E-state index contributed by atoms with van der Waals surface area (Å²) in [4.78, 5) is 35.5. The summed E-state index contributed by atoms with van der Waals surface area (Å²) < 4.78 is 31.6. The van der Waals surface area contributed by atoms with Crippen molar-refractivity contribution in [2.75, 3.05) is 56.5 Å². The molecule has 0 aliphatic carbocycles. The van der Waals surface area contributed by atoms with Crippen molar-refractivity contribution in [2.45, 2.75) is 19.9 Å². The van der Waals surface area contributed by atoms with E-state index in [0.717, 1.165) is 26.2 Å². The van der Waals surface area contributed by atoms with Crippen LogP contribution in [0.2, 0.25) is 5.02 Å². The Morgan fingerprint density at radius 3 is 2.47 bits per heavy atom. The van der Waals surface area contributed by atoms with Gasteiger partial charge >= 0.3 is 0 Å². The second-order valence-corrected chi connectivity index (χ2v) is 10.1. The first-order valence-electron chi connectivity index (χ1n) is 12.6. The van der Waals surface area contributed by atoms with Gasteiger partial charge < -0.3 is 19.7 Å².